The summed E-state index contributed by atoms with van der Waals surface area (Å²) < 4.78 is 5.81. The summed E-state index contributed by atoms with van der Waals surface area (Å²) in [6, 6.07) is 18.7. The van der Waals surface area contributed by atoms with Gasteiger partial charge in [0.15, 0.2) is 0 Å². The number of fused-ring (bicyclic) bond motifs is 1. The highest BCUT2D eigenvalue weighted by atomic mass is 32.1. The highest BCUT2D eigenvalue weighted by Gasteiger charge is 2.24. The number of likely N-dealkylation sites (N-methyl/N-ethyl adjacent to an activating group) is 1. The number of nitriles is 1. The first-order valence-corrected chi connectivity index (χ1v) is 9.83. The molecule has 1 aliphatic rings. The third-order valence-electron chi connectivity index (χ3n) is 4.66. The molecule has 0 atom stereocenters. The van der Waals surface area contributed by atoms with Crippen molar-refractivity contribution in [3.63, 3.8) is 0 Å². The van der Waals surface area contributed by atoms with Crippen LogP contribution in [0.2, 0.25) is 0 Å². The topological polar surface area (TPSA) is 65.4 Å². The molecule has 140 valence electrons. The van der Waals surface area contributed by atoms with Crippen molar-refractivity contribution in [2.45, 2.75) is 13.0 Å². The molecule has 0 bridgehead atoms. The summed E-state index contributed by atoms with van der Waals surface area (Å²) in [4.78, 5) is 16.2. The van der Waals surface area contributed by atoms with Crippen LogP contribution in [0.3, 0.4) is 0 Å². The molecular weight excluding hydrogens is 370 g/mol. The molecule has 0 spiro atoms. The van der Waals surface area contributed by atoms with E-state index in [1.807, 2.05) is 36.4 Å². The molecule has 1 aromatic heterocycles. The maximum Gasteiger partial charge on any atom is 0.256 e. The lowest BCUT2D eigenvalue weighted by Crippen LogP contribution is -2.25. The van der Waals surface area contributed by atoms with Gasteiger partial charge in [-0.25, -0.2) is 0 Å². The molecule has 1 N–H and O–H groups in total. The lowest BCUT2D eigenvalue weighted by Gasteiger charge is -2.21. The van der Waals surface area contributed by atoms with Gasteiger partial charge in [0.25, 0.3) is 5.91 Å². The summed E-state index contributed by atoms with van der Waals surface area (Å²) in [5.41, 5.74) is 2.15. The zero-order valence-corrected chi connectivity index (χ0v) is 16.3. The summed E-state index contributed by atoms with van der Waals surface area (Å²) in [5, 5.41) is 13.1. The molecule has 4 rings (SSSR count). The number of hydrogen-bond acceptors (Lipinski definition) is 5. The number of anilines is 1. The molecule has 2 heterocycles. The Morgan fingerprint density at radius 1 is 1.18 bits per heavy atom. The molecule has 3 aromatic rings. The second-order valence-corrected chi connectivity index (χ2v) is 7.81. The predicted octanol–water partition coefficient (Wildman–Crippen LogP) is 4.65. The fourth-order valence-corrected chi connectivity index (χ4v) is 4.51. The minimum Gasteiger partial charge on any atom is -0.457 e. The number of nitrogens with zero attached hydrogens (tertiary/aromatic N) is 2. The van der Waals surface area contributed by atoms with Crippen molar-refractivity contribution in [1.82, 2.24) is 4.90 Å². The van der Waals surface area contributed by atoms with Gasteiger partial charge in [-0.3, -0.25) is 4.79 Å². The summed E-state index contributed by atoms with van der Waals surface area (Å²) in [7, 11) is 2.06. The number of nitrogens with one attached hydrogen (secondary N) is 1. The Kier molecular flexibility index (Phi) is 5.11. The van der Waals surface area contributed by atoms with Crippen LogP contribution >= 0.6 is 11.3 Å². The Morgan fingerprint density at radius 2 is 1.96 bits per heavy atom. The summed E-state index contributed by atoms with van der Waals surface area (Å²) in [5.74, 6) is 1.05. The quantitative estimate of drug-likeness (QED) is 0.705. The van der Waals surface area contributed by atoms with Gasteiger partial charge in [0.1, 0.15) is 22.6 Å². The molecule has 0 fully saturated rings. The van der Waals surface area contributed by atoms with Gasteiger partial charge in [-0.05, 0) is 49.4 Å². The fourth-order valence-electron chi connectivity index (χ4n) is 3.24. The fraction of sp³-hybridized carbons (Fsp3) is 0.182. The Labute approximate surface area is 167 Å². The number of ether oxygens (including phenoxy) is 1. The highest BCUT2D eigenvalue weighted by molar-refractivity contribution is 7.16. The average Bonchev–Trinajstić information content (AvgIpc) is 3.04. The number of carbonyl (C=O) groups excluding carboxylic acids is 1. The van der Waals surface area contributed by atoms with Gasteiger partial charge in [-0.15, -0.1) is 11.3 Å². The van der Waals surface area contributed by atoms with Crippen LogP contribution in [0.1, 0.15) is 26.4 Å². The smallest absolute Gasteiger partial charge is 0.256 e. The minimum atomic E-state index is -0.248. The van der Waals surface area contributed by atoms with Crippen molar-refractivity contribution in [1.29, 1.82) is 5.26 Å². The largest absolute Gasteiger partial charge is 0.457 e. The molecule has 6 heteroatoms. The van der Waals surface area contributed by atoms with E-state index in [4.69, 9.17) is 4.74 Å². The number of hydrogen-bond donors (Lipinski definition) is 1. The van der Waals surface area contributed by atoms with Crippen molar-refractivity contribution in [3.8, 4) is 17.6 Å². The highest BCUT2D eigenvalue weighted by Crippen LogP contribution is 2.36. The number of benzene rings is 2. The average molecular weight is 389 g/mol. The Hall–Kier alpha value is -3.14. The first-order valence-electron chi connectivity index (χ1n) is 9.01. The molecule has 2 aromatic carbocycles. The SMILES string of the molecule is CN1CCc2c(sc(NC(=O)c3cccc(Oc4ccccc4)c3)c2C#N)C1. The van der Waals surface area contributed by atoms with Crippen molar-refractivity contribution < 1.29 is 9.53 Å². The lowest BCUT2D eigenvalue weighted by molar-refractivity contribution is 0.102. The zero-order valence-electron chi connectivity index (χ0n) is 15.4. The zero-order chi connectivity index (χ0) is 19.5. The van der Waals surface area contributed by atoms with E-state index in [9.17, 15) is 10.1 Å². The monoisotopic (exact) mass is 389 g/mol. The first-order chi connectivity index (χ1) is 13.6. The molecule has 0 radical (unpaired) electrons. The molecule has 1 amide bonds. The molecule has 5 nitrogen and oxygen atoms in total. The Morgan fingerprint density at radius 3 is 2.75 bits per heavy atom. The third kappa shape index (κ3) is 3.77. The van der Waals surface area contributed by atoms with Gasteiger partial charge < -0.3 is 15.0 Å². The van der Waals surface area contributed by atoms with Crippen LogP contribution in [0.4, 0.5) is 5.00 Å². The van der Waals surface area contributed by atoms with Gasteiger partial charge in [-0.2, -0.15) is 5.26 Å². The van der Waals surface area contributed by atoms with Crippen LogP contribution in [0.25, 0.3) is 0 Å². The van der Waals surface area contributed by atoms with Crippen LogP contribution in [0, 0.1) is 11.3 Å². The van der Waals surface area contributed by atoms with Gasteiger partial charge in [0.2, 0.25) is 0 Å². The number of thiophene rings is 1. The second-order valence-electron chi connectivity index (χ2n) is 6.70. The van der Waals surface area contributed by atoms with Gasteiger partial charge in [-0.1, -0.05) is 24.3 Å². The Bertz CT molecular complexity index is 1050. The number of amides is 1. The summed E-state index contributed by atoms with van der Waals surface area (Å²) in [6.45, 7) is 1.73. The van der Waals surface area contributed by atoms with Crippen molar-refractivity contribution >= 4 is 22.2 Å². The number of rotatable bonds is 4. The number of carbonyl (C=O) groups is 1. The predicted molar refractivity (Wildman–Crippen MR) is 110 cm³/mol. The molecule has 1 aliphatic heterocycles. The molecular formula is C22H19N3O2S. The van der Waals surface area contributed by atoms with Gasteiger partial charge in [0.05, 0.1) is 5.56 Å². The molecule has 28 heavy (non-hydrogen) atoms. The van der Waals surface area contributed by atoms with E-state index in [0.717, 1.165) is 30.0 Å². The molecule has 0 saturated heterocycles. The summed E-state index contributed by atoms with van der Waals surface area (Å²) >= 11 is 1.49. The van der Waals surface area contributed by atoms with Crippen LogP contribution < -0.4 is 10.1 Å². The molecule has 0 aliphatic carbocycles. The van der Waals surface area contributed by atoms with Crippen molar-refractivity contribution in [3.05, 3.63) is 76.2 Å². The van der Waals surface area contributed by atoms with E-state index in [1.54, 1.807) is 18.2 Å². The summed E-state index contributed by atoms with van der Waals surface area (Å²) in [6.07, 6.45) is 0.835. The van der Waals surface area contributed by atoms with Crippen molar-refractivity contribution in [2.24, 2.45) is 0 Å². The van der Waals surface area contributed by atoms with E-state index in [0.29, 0.717) is 27.6 Å². The van der Waals surface area contributed by atoms with Gasteiger partial charge in [0, 0.05) is 23.5 Å². The second kappa shape index (κ2) is 7.85. The van der Waals surface area contributed by atoms with Crippen LogP contribution in [0.15, 0.2) is 54.6 Å². The van der Waals surface area contributed by atoms with Gasteiger partial charge >= 0.3 is 0 Å². The maximum absolute atomic E-state index is 12.8. The van der Waals surface area contributed by atoms with E-state index < -0.39 is 0 Å². The third-order valence-corrected chi connectivity index (χ3v) is 5.79. The van der Waals surface area contributed by atoms with Crippen molar-refractivity contribution in [2.75, 3.05) is 18.9 Å². The van der Waals surface area contributed by atoms with E-state index in [-0.39, 0.29) is 5.91 Å². The van der Waals surface area contributed by atoms with E-state index >= 15 is 0 Å². The van der Waals surface area contributed by atoms with Crippen LogP contribution in [-0.4, -0.2) is 24.4 Å². The number of para-hydroxylation sites is 1. The lowest BCUT2D eigenvalue weighted by atomic mass is 10.0. The van der Waals surface area contributed by atoms with Crippen LogP contribution in [-0.2, 0) is 13.0 Å². The normalized spacial score (nSPS) is 13.4. The molecule has 0 unspecified atom stereocenters. The maximum atomic E-state index is 12.8. The van der Waals surface area contributed by atoms with Crippen LogP contribution in [0.5, 0.6) is 11.5 Å². The van der Waals surface area contributed by atoms with E-state index in [2.05, 4.69) is 23.3 Å². The minimum absolute atomic E-state index is 0.248. The van der Waals surface area contributed by atoms with E-state index in [1.165, 1.54) is 11.3 Å². The first kappa shape index (κ1) is 18.2. The standard InChI is InChI=1S/C22H19N3O2S/c1-25-11-10-18-19(13-23)22(28-20(18)14-25)24-21(26)15-6-5-9-17(12-15)27-16-7-3-2-4-8-16/h2-9,12H,10-11,14H2,1H3,(H,24,26). The molecule has 0 saturated carbocycles. The Balaban J connectivity index is 1.55.